The first-order chi connectivity index (χ1) is 8.50. The van der Waals surface area contributed by atoms with E-state index in [-0.39, 0.29) is 12.4 Å². The second-order valence-electron chi connectivity index (χ2n) is 4.47. The van der Waals surface area contributed by atoms with Crippen LogP contribution in [0.4, 0.5) is 13.2 Å². The lowest BCUT2D eigenvalue weighted by Crippen LogP contribution is -2.21. The highest BCUT2D eigenvalue weighted by molar-refractivity contribution is 5.29. The van der Waals surface area contributed by atoms with Crippen molar-refractivity contribution in [2.24, 2.45) is 11.7 Å². The highest BCUT2D eigenvalue weighted by Gasteiger charge is 2.33. The number of pyridine rings is 1. The summed E-state index contributed by atoms with van der Waals surface area (Å²) in [6, 6.07) is 2.25. The fourth-order valence-corrected chi connectivity index (χ4v) is 1.76. The predicted molar refractivity (Wildman–Crippen MR) is 60.0 cm³/mol. The molecule has 1 fully saturated rings. The van der Waals surface area contributed by atoms with Crippen LogP contribution in [0.1, 0.15) is 30.5 Å². The number of alkyl halides is 3. The third-order valence-corrected chi connectivity index (χ3v) is 3.13. The number of hydrogen-bond donors (Lipinski definition) is 1. The number of halogens is 3. The number of rotatable bonds is 4. The Morgan fingerprint density at radius 3 is 2.56 bits per heavy atom. The van der Waals surface area contributed by atoms with Crippen molar-refractivity contribution < 1.29 is 17.9 Å². The van der Waals surface area contributed by atoms with Gasteiger partial charge >= 0.3 is 6.18 Å². The zero-order valence-corrected chi connectivity index (χ0v) is 9.83. The molecule has 0 radical (unpaired) electrons. The van der Waals surface area contributed by atoms with Gasteiger partial charge in [0.05, 0.1) is 6.61 Å². The lowest BCUT2D eigenvalue weighted by molar-refractivity contribution is -0.141. The number of nitrogens with zero attached hydrogens (tertiary/aromatic N) is 1. The minimum Gasteiger partial charge on any atom is -0.477 e. The third kappa shape index (κ3) is 2.93. The van der Waals surface area contributed by atoms with Crippen molar-refractivity contribution in [2.45, 2.75) is 32.0 Å². The Labute approximate surface area is 103 Å². The molecule has 18 heavy (non-hydrogen) atoms. The maximum atomic E-state index is 12.5. The molecule has 0 bridgehead atoms. The molecule has 0 spiro atoms. The molecule has 1 aromatic heterocycles. The zero-order chi connectivity index (χ0) is 13.2. The number of ether oxygens (including phenoxy) is 1. The van der Waals surface area contributed by atoms with Crippen LogP contribution in [0.25, 0.3) is 0 Å². The van der Waals surface area contributed by atoms with Crippen LogP contribution in [-0.2, 0) is 12.7 Å². The quantitative estimate of drug-likeness (QED) is 0.905. The lowest BCUT2D eigenvalue weighted by Gasteiger charge is -2.25. The van der Waals surface area contributed by atoms with E-state index in [9.17, 15) is 13.2 Å². The molecule has 1 saturated carbocycles. The smallest absolute Gasteiger partial charge is 0.433 e. The van der Waals surface area contributed by atoms with Gasteiger partial charge in [-0.3, -0.25) is 0 Å². The van der Waals surface area contributed by atoms with Crippen molar-refractivity contribution in [3.63, 3.8) is 0 Å². The minimum atomic E-state index is -4.46. The molecule has 6 heteroatoms. The van der Waals surface area contributed by atoms with Crippen molar-refractivity contribution >= 4 is 0 Å². The summed E-state index contributed by atoms with van der Waals surface area (Å²) in [5.74, 6) is 0.450. The molecule has 100 valence electrons. The molecule has 1 aromatic rings. The number of nitrogens with two attached hydrogens (primary N) is 1. The lowest BCUT2D eigenvalue weighted by atomic mass is 9.86. The first-order valence-corrected chi connectivity index (χ1v) is 5.90. The topological polar surface area (TPSA) is 48.1 Å². The standard InChI is InChI=1S/C12H15F3N2O/c13-12(14,15)10-5-4-9(6-16)11(17-10)18-7-8-2-1-3-8/h4-5,8H,1-3,6-7,16H2. The summed E-state index contributed by atoms with van der Waals surface area (Å²) in [6.45, 7) is 0.534. The van der Waals surface area contributed by atoms with Crippen LogP contribution in [-0.4, -0.2) is 11.6 Å². The molecule has 1 aliphatic rings. The van der Waals surface area contributed by atoms with Gasteiger partial charge in [0.15, 0.2) is 0 Å². The van der Waals surface area contributed by atoms with Crippen LogP contribution in [0.2, 0.25) is 0 Å². The van der Waals surface area contributed by atoms with E-state index >= 15 is 0 Å². The van der Waals surface area contributed by atoms with Gasteiger partial charge in [0.2, 0.25) is 5.88 Å². The minimum absolute atomic E-state index is 0.0132. The van der Waals surface area contributed by atoms with Crippen molar-refractivity contribution in [3.8, 4) is 5.88 Å². The highest BCUT2D eigenvalue weighted by atomic mass is 19.4. The van der Waals surface area contributed by atoms with Gasteiger partial charge in [0.25, 0.3) is 0 Å². The normalized spacial score (nSPS) is 16.4. The molecule has 0 aliphatic heterocycles. The van der Waals surface area contributed by atoms with Crippen molar-refractivity contribution in [1.29, 1.82) is 0 Å². The molecule has 0 aromatic carbocycles. The Balaban J connectivity index is 2.13. The van der Waals surface area contributed by atoms with Gasteiger partial charge in [0, 0.05) is 12.1 Å². The SMILES string of the molecule is NCc1ccc(C(F)(F)F)nc1OCC1CCC1. The Morgan fingerprint density at radius 1 is 1.33 bits per heavy atom. The molecule has 0 saturated heterocycles. The summed E-state index contributed by atoms with van der Waals surface area (Å²) < 4.78 is 43.0. The molecule has 2 N–H and O–H groups in total. The molecule has 0 atom stereocenters. The predicted octanol–water partition coefficient (Wildman–Crippen LogP) is 2.74. The molecular formula is C12H15F3N2O. The maximum absolute atomic E-state index is 12.5. The monoisotopic (exact) mass is 260 g/mol. The van der Waals surface area contributed by atoms with Gasteiger partial charge in [-0.2, -0.15) is 13.2 Å². The molecule has 2 rings (SSSR count). The Bertz CT molecular complexity index is 416. The van der Waals surface area contributed by atoms with Crippen LogP contribution in [0.15, 0.2) is 12.1 Å². The van der Waals surface area contributed by atoms with E-state index < -0.39 is 11.9 Å². The molecule has 0 unspecified atom stereocenters. The summed E-state index contributed by atoms with van der Waals surface area (Å²) in [5, 5.41) is 0. The van der Waals surface area contributed by atoms with Crippen LogP contribution in [0, 0.1) is 5.92 Å². The average molecular weight is 260 g/mol. The van der Waals surface area contributed by atoms with Gasteiger partial charge in [-0.15, -0.1) is 0 Å². The van der Waals surface area contributed by atoms with Gasteiger partial charge in [0.1, 0.15) is 5.69 Å². The number of aromatic nitrogens is 1. The van der Waals surface area contributed by atoms with Crippen molar-refractivity contribution in [1.82, 2.24) is 4.98 Å². The Morgan fingerprint density at radius 2 is 2.06 bits per heavy atom. The summed E-state index contributed by atoms with van der Waals surface area (Å²) in [5.41, 5.74) is 5.02. The first kappa shape index (κ1) is 13.1. The molecule has 1 aliphatic carbocycles. The highest BCUT2D eigenvalue weighted by Crippen LogP contribution is 2.31. The second kappa shape index (κ2) is 5.14. The Kier molecular flexibility index (Phi) is 3.75. The van der Waals surface area contributed by atoms with Gasteiger partial charge in [-0.1, -0.05) is 12.5 Å². The van der Waals surface area contributed by atoms with E-state index in [2.05, 4.69) is 4.98 Å². The fraction of sp³-hybridized carbons (Fsp3) is 0.583. The van der Waals surface area contributed by atoms with Gasteiger partial charge < -0.3 is 10.5 Å². The van der Waals surface area contributed by atoms with Crippen LogP contribution >= 0.6 is 0 Å². The molecular weight excluding hydrogens is 245 g/mol. The van der Waals surface area contributed by atoms with E-state index in [0.29, 0.717) is 18.1 Å². The summed E-state index contributed by atoms with van der Waals surface area (Å²) in [4.78, 5) is 3.52. The maximum Gasteiger partial charge on any atom is 0.433 e. The van der Waals surface area contributed by atoms with E-state index in [1.807, 2.05) is 0 Å². The van der Waals surface area contributed by atoms with E-state index in [0.717, 1.165) is 25.3 Å². The van der Waals surface area contributed by atoms with E-state index in [4.69, 9.17) is 10.5 Å². The fourth-order valence-electron chi connectivity index (χ4n) is 1.76. The summed E-state index contributed by atoms with van der Waals surface area (Å²) in [7, 11) is 0. The largest absolute Gasteiger partial charge is 0.477 e. The van der Waals surface area contributed by atoms with Crippen molar-refractivity contribution in [2.75, 3.05) is 6.61 Å². The van der Waals surface area contributed by atoms with Crippen LogP contribution < -0.4 is 10.5 Å². The Hall–Kier alpha value is -1.30. The average Bonchev–Trinajstić information content (AvgIpc) is 2.25. The van der Waals surface area contributed by atoms with E-state index in [1.54, 1.807) is 0 Å². The molecule has 0 amide bonds. The zero-order valence-electron chi connectivity index (χ0n) is 9.83. The summed E-state index contributed by atoms with van der Waals surface area (Å²) >= 11 is 0. The number of hydrogen-bond acceptors (Lipinski definition) is 3. The second-order valence-corrected chi connectivity index (χ2v) is 4.47. The molecule has 3 nitrogen and oxygen atoms in total. The van der Waals surface area contributed by atoms with E-state index in [1.165, 1.54) is 6.07 Å². The molecule has 1 heterocycles. The van der Waals surface area contributed by atoms with Crippen LogP contribution in [0.5, 0.6) is 5.88 Å². The van der Waals surface area contributed by atoms with Crippen molar-refractivity contribution in [3.05, 3.63) is 23.4 Å². The van der Waals surface area contributed by atoms with Gasteiger partial charge in [-0.05, 0) is 24.8 Å². The van der Waals surface area contributed by atoms with Crippen LogP contribution in [0.3, 0.4) is 0 Å². The third-order valence-electron chi connectivity index (χ3n) is 3.13. The first-order valence-electron chi connectivity index (χ1n) is 5.90. The summed E-state index contributed by atoms with van der Waals surface area (Å²) in [6.07, 6.45) is -1.16. The van der Waals surface area contributed by atoms with Gasteiger partial charge in [-0.25, -0.2) is 4.98 Å².